The SMILES string of the molecule is CCCCCCc1c(P(=O)(c2ccccc2)c2ccccc2)c(=O)oc2ccccc12. The molecule has 0 aliphatic carbocycles. The van der Waals surface area contributed by atoms with Crippen LogP contribution in [0.15, 0.2) is 94.1 Å². The Balaban J connectivity index is 2.02. The summed E-state index contributed by atoms with van der Waals surface area (Å²) in [6.07, 6.45) is 5.00. The monoisotopic (exact) mass is 430 g/mol. The molecule has 3 aromatic carbocycles. The van der Waals surface area contributed by atoms with Gasteiger partial charge in [0.2, 0.25) is 0 Å². The second kappa shape index (κ2) is 9.49. The molecule has 0 radical (unpaired) electrons. The predicted octanol–water partition coefficient (Wildman–Crippen LogP) is 5.56. The van der Waals surface area contributed by atoms with Gasteiger partial charge in [0.1, 0.15) is 10.9 Å². The number of fused-ring (bicyclic) bond motifs is 1. The molecule has 0 saturated heterocycles. The second-order valence-corrected chi connectivity index (χ2v) is 10.5. The van der Waals surface area contributed by atoms with Crippen LogP contribution >= 0.6 is 7.14 Å². The Hall–Kier alpha value is -2.90. The van der Waals surface area contributed by atoms with Crippen LogP contribution in [0.5, 0.6) is 0 Å². The summed E-state index contributed by atoms with van der Waals surface area (Å²) in [4.78, 5) is 13.4. The van der Waals surface area contributed by atoms with Crippen molar-refractivity contribution >= 4 is 34.0 Å². The average molecular weight is 430 g/mol. The average Bonchev–Trinajstić information content (AvgIpc) is 2.82. The number of aryl methyl sites for hydroxylation is 1. The van der Waals surface area contributed by atoms with Gasteiger partial charge >= 0.3 is 5.63 Å². The Kier molecular flexibility index (Phi) is 6.53. The van der Waals surface area contributed by atoms with Gasteiger partial charge in [-0.15, -0.1) is 0 Å². The van der Waals surface area contributed by atoms with Gasteiger partial charge in [-0.25, -0.2) is 4.79 Å². The standard InChI is InChI=1S/C27H27O3P/c1-2-3-4-11-19-24-23-18-12-13-20-25(23)30-27(28)26(24)31(29,21-14-7-5-8-15-21)22-16-9-6-10-17-22/h5-10,12-18,20H,2-4,11,19H2,1H3. The zero-order valence-electron chi connectivity index (χ0n) is 17.8. The predicted molar refractivity (Wildman–Crippen MR) is 130 cm³/mol. The van der Waals surface area contributed by atoms with Crippen LogP contribution in [-0.4, -0.2) is 0 Å². The lowest BCUT2D eigenvalue weighted by Gasteiger charge is -2.22. The van der Waals surface area contributed by atoms with Crippen molar-refractivity contribution in [3.05, 3.63) is 101 Å². The smallest absolute Gasteiger partial charge is 0.348 e. The fourth-order valence-electron chi connectivity index (χ4n) is 4.19. The van der Waals surface area contributed by atoms with Gasteiger partial charge in [0.15, 0.2) is 7.14 Å². The second-order valence-electron chi connectivity index (χ2n) is 7.80. The molecule has 3 nitrogen and oxygen atoms in total. The number of hydrogen-bond donors (Lipinski definition) is 0. The topological polar surface area (TPSA) is 47.3 Å². The lowest BCUT2D eigenvalue weighted by Crippen LogP contribution is -2.36. The zero-order chi connectivity index (χ0) is 21.7. The Morgan fingerprint density at radius 3 is 1.94 bits per heavy atom. The molecule has 4 rings (SSSR count). The molecule has 0 N–H and O–H groups in total. The first-order valence-electron chi connectivity index (χ1n) is 10.9. The van der Waals surface area contributed by atoms with Gasteiger partial charge in [-0.1, -0.05) is 105 Å². The van der Waals surface area contributed by atoms with Crippen molar-refractivity contribution in [1.82, 2.24) is 0 Å². The number of benzene rings is 3. The highest BCUT2D eigenvalue weighted by Gasteiger charge is 2.36. The van der Waals surface area contributed by atoms with E-state index in [1.54, 1.807) is 0 Å². The van der Waals surface area contributed by atoms with Crippen LogP contribution in [0.2, 0.25) is 0 Å². The number of para-hydroxylation sites is 1. The normalized spacial score (nSPS) is 11.6. The third-order valence-corrected chi connectivity index (χ3v) is 8.86. The highest BCUT2D eigenvalue weighted by atomic mass is 31.2. The molecular weight excluding hydrogens is 403 g/mol. The van der Waals surface area contributed by atoms with Gasteiger partial charge in [0.25, 0.3) is 0 Å². The van der Waals surface area contributed by atoms with Crippen LogP contribution in [0.1, 0.15) is 38.2 Å². The van der Waals surface area contributed by atoms with E-state index in [2.05, 4.69) is 6.92 Å². The van der Waals surface area contributed by atoms with Crippen molar-refractivity contribution in [3.63, 3.8) is 0 Å². The third kappa shape index (κ3) is 4.16. The molecule has 0 aliphatic heterocycles. The Morgan fingerprint density at radius 1 is 0.742 bits per heavy atom. The molecule has 0 spiro atoms. The van der Waals surface area contributed by atoms with Crippen LogP contribution in [0.4, 0.5) is 0 Å². The van der Waals surface area contributed by atoms with Crippen molar-refractivity contribution < 1.29 is 8.98 Å². The van der Waals surface area contributed by atoms with Gasteiger partial charge in [-0.05, 0) is 24.5 Å². The van der Waals surface area contributed by atoms with Gasteiger partial charge in [-0.2, -0.15) is 0 Å². The first-order valence-corrected chi connectivity index (χ1v) is 12.6. The molecule has 0 amide bonds. The fourth-order valence-corrected chi connectivity index (χ4v) is 7.10. The van der Waals surface area contributed by atoms with Crippen molar-refractivity contribution in [2.45, 2.75) is 39.0 Å². The summed E-state index contributed by atoms with van der Waals surface area (Å²) in [7, 11) is -3.42. The summed E-state index contributed by atoms with van der Waals surface area (Å²) in [5, 5.41) is 2.50. The van der Waals surface area contributed by atoms with E-state index in [-0.39, 0.29) is 0 Å². The van der Waals surface area contributed by atoms with E-state index < -0.39 is 12.8 Å². The summed E-state index contributed by atoms with van der Waals surface area (Å²) in [5.74, 6) is 0. The first kappa shape index (κ1) is 21.3. The van der Waals surface area contributed by atoms with Crippen molar-refractivity contribution in [1.29, 1.82) is 0 Å². The fraction of sp³-hybridized carbons (Fsp3) is 0.222. The van der Waals surface area contributed by atoms with Crippen LogP contribution in [0.25, 0.3) is 11.0 Å². The van der Waals surface area contributed by atoms with E-state index in [0.717, 1.165) is 36.6 Å². The number of unbranched alkanes of at least 4 members (excludes halogenated alkanes) is 3. The molecule has 4 heteroatoms. The molecule has 1 heterocycles. The van der Waals surface area contributed by atoms with E-state index in [1.165, 1.54) is 0 Å². The molecule has 31 heavy (non-hydrogen) atoms. The molecule has 1 aromatic heterocycles. The lowest BCUT2D eigenvalue weighted by atomic mass is 10.0. The van der Waals surface area contributed by atoms with E-state index in [4.69, 9.17) is 4.42 Å². The minimum Gasteiger partial charge on any atom is -0.422 e. The number of rotatable bonds is 8. The molecule has 0 atom stereocenters. The summed E-state index contributed by atoms with van der Waals surface area (Å²) in [5.41, 5.74) is 0.911. The molecule has 4 aromatic rings. The highest BCUT2D eigenvalue weighted by molar-refractivity contribution is 7.85. The molecule has 0 unspecified atom stereocenters. The van der Waals surface area contributed by atoms with Crippen LogP contribution in [0, 0.1) is 0 Å². The Labute approximate surface area is 183 Å². The molecule has 0 saturated carbocycles. The maximum absolute atomic E-state index is 14.9. The maximum Gasteiger partial charge on any atom is 0.348 e. The summed E-state index contributed by atoms with van der Waals surface area (Å²) >= 11 is 0. The first-order chi connectivity index (χ1) is 15.2. The van der Waals surface area contributed by atoms with Crippen LogP contribution < -0.4 is 21.5 Å². The third-order valence-electron chi connectivity index (χ3n) is 5.73. The van der Waals surface area contributed by atoms with Crippen LogP contribution in [0.3, 0.4) is 0 Å². The van der Waals surface area contributed by atoms with Gasteiger partial charge in [0.05, 0.1) is 0 Å². The van der Waals surface area contributed by atoms with Gasteiger partial charge in [0, 0.05) is 16.0 Å². The Bertz CT molecular complexity index is 1220. The van der Waals surface area contributed by atoms with Gasteiger partial charge < -0.3 is 8.98 Å². The largest absolute Gasteiger partial charge is 0.422 e. The summed E-state index contributed by atoms with van der Waals surface area (Å²) in [6.45, 7) is 2.18. The number of hydrogen-bond acceptors (Lipinski definition) is 3. The van der Waals surface area contributed by atoms with Crippen LogP contribution in [-0.2, 0) is 11.0 Å². The molecular formula is C27H27O3P. The lowest BCUT2D eigenvalue weighted by molar-refractivity contribution is 0.559. The van der Waals surface area contributed by atoms with Gasteiger partial charge in [-0.3, -0.25) is 0 Å². The summed E-state index contributed by atoms with van der Waals surface area (Å²) in [6, 6.07) is 26.3. The zero-order valence-corrected chi connectivity index (χ0v) is 18.7. The Morgan fingerprint density at radius 2 is 1.32 bits per heavy atom. The van der Waals surface area contributed by atoms with E-state index in [9.17, 15) is 9.36 Å². The molecule has 0 aliphatic rings. The van der Waals surface area contributed by atoms with Crippen molar-refractivity contribution in [2.75, 3.05) is 0 Å². The van der Waals surface area contributed by atoms with Crippen molar-refractivity contribution in [2.24, 2.45) is 0 Å². The minimum atomic E-state index is -3.42. The van der Waals surface area contributed by atoms with E-state index in [0.29, 0.717) is 27.9 Å². The van der Waals surface area contributed by atoms with E-state index in [1.807, 2.05) is 84.9 Å². The minimum absolute atomic E-state index is 0.320. The van der Waals surface area contributed by atoms with Crippen molar-refractivity contribution in [3.8, 4) is 0 Å². The van der Waals surface area contributed by atoms with E-state index >= 15 is 0 Å². The highest BCUT2D eigenvalue weighted by Crippen LogP contribution is 2.43. The summed E-state index contributed by atoms with van der Waals surface area (Å²) < 4.78 is 20.7. The molecule has 0 fully saturated rings. The maximum atomic E-state index is 14.9. The molecule has 158 valence electrons. The quantitative estimate of drug-likeness (QED) is 0.209. The molecule has 0 bridgehead atoms.